The van der Waals surface area contributed by atoms with E-state index in [0.29, 0.717) is 35.2 Å². The molecule has 2 N–H and O–H groups in total. The van der Waals surface area contributed by atoms with Gasteiger partial charge in [0.1, 0.15) is 5.82 Å². The molecule has 2 amide bonds. The fourth-order valence-electron chi connectivity index (χ4n) is 5.24. The number of aromatic nitrogens is 3. The molecule has 2 fully saturated rings. The highest BCUT2D eigenvalue weighted by molar-refractivity contribution is 7.87. The van der Waals surface area contributed by atoms with Crippen LogP contribution >= 0.6 is 11.6 Å². The third-order valence-corrected chi connectivity index (χ3v) is 9.15. The molecule has 1 aromatic carbocycles. The molecule has 0 spiro atoms. The number of nitrogens with zero attached hydrogens (tertiary/aromatic N) is 4. The highest BCUT2D eigenvalue weighted by Crippen LogP contribution is 2.32. The molecule has 41 heavy (non-hydrogen) atoms. The Bertz CT molecular complexity index is 1520. The second-order valence-electron chi connectivity index (χ2n) is 10.2. The predicted octanol–water partition coefficient (Wildman–Crippen LogP) is 3.82. The molecule has 3 aromatic rings. The standard InChI is InChI=1S/C27H33ClN6O6S/c1-2-40-27(36)32-41(37,38)34-9-3-4-20(16-34)26(35)31-25-13-21(22(28)14-29-25)19-5-6-23-24(12-19)33(17-30-23)15-18-7-10-39-11-8-18/h5-6,12-14,17-18,20H,2-4,7-11,15-16H2,1H3,(H,32,36)(H,29,31,35)/t20-/m1/s1. The summed E-state index contributed by atoms with van der Waals surface area (Å²) in [6, 6.07) is 7.62. The van der Waals surface area contributed by atoms with Crippen molar-refractivity contribution < 1.29 is 27.5 Å². The molecular formula is C27H33ClN6O6S. The first-order valence-electron chi connectivity index (χ1n) is 13.7. The number of pyridine rings is 1. The van der Waals surface area contributed by atoms with Crippen LogP contribution in [0.1, 0.15) is 32.6 Å². The zero-order valence-corrected chi connectivity index (χ0v) is 24.3. The Morgan fingerprint density at radius 3 is 2.76 bits per heavy atom. The van der Waals surface area contributed by atoms with E-state index in [0.717, 1.165) is 53.5 Å². The summed E-state index contributed by atoms with van der Waals surface area (Å²) in [4.78, 5) is 33.6. The molecular weight excluding hydrogens is 572 g/mol. The topological polar surface area (TPSA) is 145 Å². The average Bonchev–Trinajstić information content (AvgIpc) is 3.36. The van der Waals surface area contributed by atoms with Crippen LogP contribution < -0.4 is 10.0 Å². The molecule has 5 rings (SSSR count). The summed E-state index contributed by atoms with van der Waals surface area (Å²) in [6.45, 7) is 4.15. The zero-order valence-electron chi connectivity index (χ0n) is 22.7. The van der Waals surface area contributed by atoms with Crippen molar-refractivity contribution in [3.63, 3.8) is 0 Å². The van der Waals surface area contributed by atoms with Crippen LogP contribution in [0.2, 0.25) is 5.02 Å². The van der Waals surface area contributed by atoms with Gasteiger partial charge in [-0.3, -0.25) is 4.79 Å². The number of carbonyl (C=O) groups excluding carboxylic acids is 2. The minimum absolute atomic E-state index is 0.0380. The molecule has 0 radical (unpaired) electrons. The Hall–Kier alpha value is -3.26. The second kappa shape index (κ2) is 12.7. The van der Waals surface area contributed by atoms with E-state index < -0.39 is 22.2 Å². The van der Waals surface area contributed by atoms with Crippen molar-refractivity contribution in [1.29, 1.82) is 0 Å². The van der Waals surface area contributed by atoms with Gasteiger partial charge < -0.3 is 19.4 Å². The number of amides is 2. The van der Waals surface area contributed by atoms with Gasteiger partial charge in [-0.25, -0.2) is 19.5 Å². The number of anilines is 1. The van der Waals surface area contributed by atoms with E-state index in [9.17, 15) is 18.0 Å². The molecule has 14 heteroatoms. The molecule has 2 aliphatic rings. The summed E-state index contributed by atoms with van der Waals surface area (Å²) in [7, 11) is -4.14. The summed E-state index contributed by atoms with van der Waals surface area (Å²) < 4.78 is 40.5. The summed E-state index contributed by atoms with van der Waals surface area (Å²) >= 11 is 6.54. The van der Waals surface area contributed by atoms with Crippen LogP contribution in [0.5, 0.6) is 0 Å². The van der Waals surface area contributed by atoms with E-state index in [2.05, 4.69) is 24.6 Å². The third-order valence-electron chi connectivity index (χ3n) is 7.42. The number of hydrogen-bond acceptors (Lipinski definition) is 8. The average molecular weight is 605 g/mol. The maximum Gasteiger partial charge on any atom is 0.421 e. The fraction of sp³-hybridized carbons (Fsp3) is 0.481. The zero-order chi connectivity index (χ0) is 29.0. The molecule has 0 unspecified atom stereocenters. The molecule has 2 saturated heterocycles. The Morgan fingerprint density at radius 1 is 1.17 bits per heavy atom. The lowest BCUT2D eigenvalue weighted by molar-refractivity contribution is -0.120. The number of piperidine rings is 1. The quantitative estimate of drug-likeness (QED) is 0.395. The van der Waals surface area contributed by atoms with E-state index in [1.807, 2.05) is 29.2 Å². The smallest absolute Gasteiger partial charge is 0.421 e. The second-order valence-corrected chi connectivity index (χ2v) is 12.3. The number of ether oxygens (including phenoxy) is 2. The van der Waals surface area contributed by atoms with Crippen molar-refractivity contribution in [1.82, 2.24) is 23.6 Å². The van der Waals surface area contributed by atoms with Gasteiger partial charge in [0, 0.05) is 44.6 Å². The van der Waals surface area contributed by atoms with E-state index in [4.69, 9.17) is 16.3 Å². The molecule has 2 aliphatic heterocycles. The van der Waals surface area contributed by atoms with Gasteiger partial charge in [-0.2, -0.15) is 12.7 Å². The van der Waals surface area contributed by atoms with Gasteiger partial charge in [0.25, 0.3) is 0 Å². The van der Waals surface area contributed by atoms with Gasteiger partial charge in [-0.1, -0.05) is 17.7 Å². The summed E-state index contributed by atoms with van der Waals surface area (Å²) in [5, 5.41) is 3.24. The minimum Gasteiger partial charge on any atom is -0.449 e. The van der Waals surface area contributed by atoms with Crippen LogP contribution in [0.3, 0.4) is 0 Å². The van der Waals surface area contributed by atoms with E-state index >= 15 is 0 Å². The fourth-order valence-corrected chi connectivity index (χ4v) is 6.60. The number of imidazole rings is 1. The van der Waals surface area contributed by atoms with Crippen molar-refractivity contribution in [2.45, 2.75) is 39.2 Å². The first-order valence-corrected chi connectivity index (χ1v) is 15.5. The number of nitrogens with one attached hydrogen (secondary N) is 2. The summed E-state index contributed by atoms with van der Waals surface area (Å²) in [5.74, 6) is -0.163. The molecule has 12 nitrogen and oxygen atoms in total. The van der Waals surface area contributed by atoms with Gasteiger partial charge in [0.05, 0.1) is 34.9 Å². The first-order chi connectivity index (χ1) is 19.7. The van der Waals surface area contributed by atoms with Crippen LogP contribution in [0, 0.1) is 11.8 Å². The lowest BCUT2D eigenvalue weighted by Crippen LogP contribution is -2.49. The Morgan fingerprint density at radius 2 is 1.98 bits per heavy atom. The summed E-state index contributed by atoms with van der Waals surface area (Å²) in [5.41, 5.74) is 3.43. The van der Waals surface area contributed by atoms with Crippen LogP contribution in [-0.2, 0) is 31.0 Å². The van der Waals surface area contributed by atoms with E-state index in [-0.39, 0.29) is 25.6 Å². The molecule has 4 heterocycles. The lowest BCUT2D eigenvalue weighted by atomic mass is 9.99. The highest BCUT2D eigenvalue weighted by atomic mass is 35.5. The van der Waals surface area contributed by atoms with Crippen LogP contribution in [0.15, 0.2) is 36.8 Å². The number of halogens is 1. The van der Waals surface area contributed by atoms with Gasteiger partial charge in [-0.15, -0.1) is 0 Å². The SMILES string of the molecule is CCOC(=O)NS(=O)(=O)N1CCC[C@@H](C(=O)Nc2cc(-c3ccc4ncn(CC5CCOCC5)c4c3)c(Cl)cn2)C1. The number of rotatable bonds is 8. The molecule has 2 aromatic heterocycles. The normalized spacial score (nSPS) is 18.7. The minimum atomic E-state index is -4.14. The number of hydrogen-bond donors (Lipinski definition) is 2. The maximum atomic E-state index is 13.1. The predicted molar refractivity (Wildman–Crippen MR) is 154 cm³/mol. The van der Waals surface area contributed by atoms with Crippen molar-refractivity contribution in [2.75, 3.05) is 38.2 Å². The maximum absolute atomic E-state index is 13.1. The van der Waals surface area contributed by atoms with Crippen LogP contribution in [0.4, 0.5) is 10.6 Å². The third kappa shape index (κ3) is 6.97. The lowest BCUT2D eigenvalue weighted by Gasteiger charge is -2.30. The van der Waals surface area contributed by atoms with Crippen molar-refractivity contribution in [3.05, 3.63) is 41.8 Å². The van der Waals surface area contributed by atoms with Crippen LogP contribution in [-0.4, -0.2) is 72.2 Å². The van der Waals surface area contributed by atoms with Gasteiger partial charge in [0.15, 0.2) is 0 Å². The van der Waals surface area contributed by atoms with Crippen molar-refractivity contribution in [2.24, 2.45) is 11.8 Å². The Balaban J connectivity index is 1.30. The van der Waals surface area contributed by atoms with Crippen molar-refractivity contribution in [3.8, 4) is 11.1 Å². The molecule has 220 valence electrons. The van der Waals surface area contributed by atoms with Crippen molar-refractivity contribution >= 4 is 50.7 Å². The van der Waals surface area contributed by atoms with Crippen LogP contribution in [0.25, 0.3) is 22.2 Å². The monoisotopic (exact) mass is 604 g/mol. The number of benzene rings is 1. The molecule has 0 saturated carbocycles. The number of carbonyl (C=O) groups is 2. The van der Waals surface area contributed by atoms with Gasteiger partial charge in [-0.05, 0) is 62.3 Å². The van der Waals surface area contributed by atoms with Gasteiger partial charge in [0.2, 0.25) is 5.91 Å². The highest BCUT2D eigenvalue weighted by Gasteiger charge is 2.33. The largest absolute Gasteiger partial charge is 0.449 e. The van der Waals surface area contributed by atoms with Gasteiger partial charge >= 0.3 is 16.3 Å². The first kappa shape index (κ1) is 29.2. The Labute approximate surface area is 243 Å². The molecule has 1 atom stereocenters. The molecule has 0 bridgehead atoms. The molecule has 0 aliphatic carbocycles. The number of fused-ring (bicyclic) bond motifs is 1. The summed E-state index contributed by atoms with van der Waals surface area (Å²) in [6.07, 6.45) is 5.28. The van der Waals surface area contributed by atoms with E-state index in [1.54, 1.807) is 13.0 Å². The Kier molecular flexibility index (Phi) is 9.07. The van der Waals surface area contributed by atoms with E-state index in [1.165, 1.54) is 6.20 Å².